The van der Waals surface area contributed by atoms with Gasteiger partial charge in [-0.05, 0) is 42.3 Å². The third-order valence-electron chi connectivity index (χ3n) is 5.12. The molecule has 0 spiro atoms. The summed E-state index contributed by atoms with van der Waals surface area (Å²) in [6, 6.07) is 18.1. The highest BCUT2D eigenvalue weighted by molar-refractivity contribution is 7.17. The number of hydrogen-bond acceptors (Lipinski definition) is 4. The van der Waals surface area contributed by atoms with E-state index in [1.54, 1.807) is 11.3 Å². The van der Waals surface area contributed by atoms with Crippen LogP contribution in [0.5, 0.6) is 0 Å². The van der Waals surface area contributed by atoms with Crippen molar-refractivity contribution in [2.45, 2.75) is 32.6 Å². The number of carboxylic acids is 1. The largest absolute Gasteiger partial charge is 0.481 e. The summed E-state index contributed by atoms with van der Waals surface area (Å²) >= 11 is 1.69. The van der Waals surface area contributed by atoms with E-state index in [1.807, 2.05) is 50.2 Å². The second-order valence-corrected chi connectivity index (χ2v) is 8.06. The lowest BCUT2D eigenvalue weighted by atomic mass is 9.89. The third kappa shape index (κ3) is 3.78. The molecule has 0 fully saturated rings. The molecule has 4 aromatic rings. The molecule has 0 aliphatic heterocycles. The van der Waals surface area contributed by atoms with Crippen molar-refractivity contribution >= 4 is 27.4 Å². The number of carbonyl (C=O) groups is 1. The molecule has 2 heterocycles. The van der Waals surface area contributed by atoms with Crippen LogP contribution in [-0.4, -0.2) is 21.0 Å². The maximum absolute atomic E-state index is 12.1. The van der Waals surface area contributed by atoms with E-state index in [2.05, 4.69) is 23.6 Å². The molecule has 0 radical (unpaired) electrons. The van der Waals surface area contributed by atoms with Gasteiger partial charge in [-0.25, -0.2) is 9.97 Å². The van der Waals surface area contributed by atoms with Crippen LogP contribution in [0.15, 0.2) is 60.0 Å². The maximum atomic E-state index is 12.1. The molecule has 0 aliphatic carbocycles. The molecular weight excluding hydrogens is 380 g/mol. The van der Waals surface area contributed by atoms with Crippen molar-refractivity contribution in [1.29, 1.82) is 0 Å². The summed E-state index contributed by atoms with van der Waals surface area (Å²) in [4.78, 5) is 21.7. The van der Waals surface area contributed by atoms with Crippen LogP contribution >= 0.6 is 11.3 Å². The Morgan fingerprint density at radius 3 is 2.59 bits per heavy atom. The fourth-order valence-electron chi connectivity index (χ4n) is 3.73. The van der Waals surface area contributed by atoms with Crippen molar-refractivity contribution in [2.75, 3.05) is 0 Å². The highest BCUT2D eigenvalue weighted by Crippen LogP contribution is 2.36. The molecule has 29 heavy (non-hydrogen) atoms. The SMILES string of the molecule is CCCC(C(=O)O)c1c(C)nc(-c2ccccc2)nc1-c1ccc2sccc2c1. The van der Waals surface area contributed by atoms with Crippen molar-refractivity contribution in [3.05, 3.63) is 71.2 Å². The molecule has 4 rings (SSSR count). The summed E-state index contributed by atoms with van der Waals surface area (Å²) in [5, 5.41) is 13.1. The average molecular weight is 403 g/mol. The van der Waals surface area contributed by atoms with Crippen LogP contribution in [0.1, 0.15) is 36.9 Å². The van der Waals surface area contributed by atoms with Crippen molar-refractivity contribution in [3.8, 4) is 22.6 Å². The first-order valence-electron chi connectivity index (χ1n) is 9.73. The quantitative estimate of drug-likeness (QED) is 0.411. The molecule has 2 aromatic carbocycles. The summed E-state index contributed by atoms with van der Waals surface area (Å²) < 4.78 is 1.20. The first kappa shape index (κ1) is 19.3. The lowest BCUT2D eigenvalue weighted by Gasteiger charge is -2.19. The van der Waals surface area contributed by atoms with Crippen molar-refractivity contribution in [2.24, 2.45) is 0 Å². The van der Waals surface area contributed by atoms with Gasteiger partial charge in [0, 0.05) is 27.1 Å². The highest BCUT2D eigenvalue weighted by Gasteiger charge is 2.27. The molecule has 5 heteroatoms. The minimum atomic E-state index is -0.830. The van der Waals surface area contributed by atoms with Crippen LogP contribution in [0.4, 0.5) is 0 Å². The van der Waals surface area contributed by atoms with Crippen molar-refractivity contribution in [1.82, 2.24) is 9.97 Å². The predicted molar refractivity (Wildman–Crippen MR) is 118 cm³/mol. The van der Waals surface area contributed by atoms with E-state index in [9.17, 15) is 9.90 Å². The number of hydrogen-bond donors (Lipinski definition) is 1. The highest BCUT2D eigenvalue weighted by atomic mass is 32.1. The Morgan fingerprint density at radius 2 is 1.86 bits per heavy atom. The van der Waals surface area contributed by atoms with Crippen LogP contribution in [0.25, 0.3) is 32.7 Å². The van der Waals surface area contributed by atoms with E-state index in [-0.39, 0.29) is 0 Å². The molecular formula is C24H22N2O2S. The monoisotopic (exact) mass is 402 g/mol. The van der Waals surface area contributed by atoms with E-state index in [0.717, 1.165) is 28.6 Å². The number of aromatic nitrogens is 2. The van der Waals surface area contributed by atoms with Gasteiger partial charge in [-0.1, -0.05) is 49.7 Å². The predicted octanol–water partition coefficient (Wildman–Crippen LogP) is 6.30. The molecule has 0 aliphatic rings. The van der Waals surface area contributed by atoms with E-state index in [1.165, 1.54) is 4.70 Å². The Labute approximate surface area is 173 Å². The lowest BCUT2D eigenvalue weighted by Crippen LogP contribution is -2.16. The summed E-state index contributed by atoms with van der Waals surface area (Å²) in [6.45, 7) is 3.89. The van der Waals surface area contributed by atoms with Crippen LogP contribution in [0.2, 0.25) is 0 Å². The molecule has 1 atom stereocenters. The zero-order chi connectivity index (χ0) is 20.4. The number of aryl methyl sites for hydroxylation is 1. The van der Waals surface area contributed by atoms with Gasteiger partial charge in [-0.15, -0.1) is 11.3 Å². The van der Waals surface area contributed by atoms with Gasteiger partial charge in [-0.2, -0.15) is 0 Å². The number of fused-ring (bicyclic) bond motifs is 1. The van der Waals surface area contributed by atoms with Crippen LogP contribution < -0.4 is 0 Å². The zero-order valence-electron chi connectivity index (χ0n) is 16.4. The topological polar surface area (TPSA) is 63.1 Å². The van der Waals surface area contributed by atoms with Gasteiger partial charge in [-0.3, -0.25) is 4.79 Å². The van der Waals surface area contributed by atoms with Crippen molar-refractivity contribution < 1.29 is 9.90 Å². The van der Waals surface area contributed by atoms with Crippen molar-refractivity contribution in [3.63, 3.8) is 0 Å². The first-order chi connectivity index (χ1) is 14.1. The number of benzene rings is 2. The van der Waals surface area contributed by atoms with Crippen LogP contribution in [-0.2, 0) is 4.79 Å². The number of nitrogens with zero attached hydrogens (tertiary/aromatic N) is 2. The van der Waals surface area contributed by atoms with Gasteiger partial charge < -0.3 is 5.11 Å². The minimum Gasteiger partial charge on any atom is -0.481 e. The van der Waals surface area contributed by atoms with Gasteiger partial charge in [0.15, 0.2) is 5.82 Å². The van der Waals surface area contributed by atoms with Gasteiger partial charge >= 0.3 is 5.97 Å². The molecule has 0 bridgehead atoms. The third-order valence-corrected chi connectivity index (χ3v) is 6.02. The number of thiophene rings is 1. The maximum Gasteiger partial charge on any atom is 0.311 e. The van der Waals surface area contributed by atoms with Gasteiger partial charge in [0.05, 0.1) is 11.6 Å². The van der Waals surface area contributed by atoms with E-state index in [4.69, 9.17) is 9.97 Å². The zero-order valence-corrected chi connectivity index (χ0v) is 17.2. The van der Waals surface area contributed by atoms with Crippen LogP contribution in [0.3, 0.4) is 0 Å². The van der Waals surface area contributed by atoms with E-state index < -0.39 is 11.9 Å². The molecule has 0 amide bonds. The summed E-state index contributed by atoms with van der Waals surface area (Å²) in [5.41, 5.74) is 4.00. The van der Waals surface area contributed by atoms with E-state index >= 15 is 0 Å². The first-order valence-corrected chi connectivity index (χ1v) is 10.6. The van der Waals surface area contributed by atoms with Gasteiger partial charge in [0.1, 0.15) is 0 Å². The minimum absolute atomic E-state index is 0.553. The Kier molecular flexibility index (Phi) is 5.41. The van der Waals surface area contributed by atoms with Crippen LogP contribution in [0, 0.1) is 6.92 Å². The second-order valence-electron chi connectivity index (χ2n) is 7.11. The summed E-state index contributed by atoms with van der Waals surface area (Å²) in [5.74, 6) is -0.838. The smallest absolute Gasteiger partial charge is 0.311 e. The number of aliphatic carboxylic acids is 1. The van der Waals surface area contributed by atoms with E-state index in [0.29, 0.717) is 23.5 Å². The number of carboxylic acid groups (broad SMARTS) is 1. The molecule has 146 valence electrons. The standard InChI is InChI=1S/C24H22N2O2S/c1-3-7-19(24(27)28)21-15(2)25-23(16-8-5-4-6-9-16)26-22(21)18-10-11-20-17(14-18)12-13-29-20/h4-6,8-14,19H,3,7H2,1-2H3,(H,27,28). The Hall–Kier alpha value is -3.05. The Balaban J connectivity index is 1.97. The molecule has 4 nitrogen and oxygen atoms in total. The fourth-order valence-corrected chi connectivity index (χ4v) is 4.50. The Bertz CT molecular complexity index is 1170. The normalized spacial score (nSPS) is 12.2. The molecule has 1 N–H and O–H groups in total. The molecule has 2 aromatic heterocycles. The molecule has 0 saturated heterocycles. The van der Waals surface area contributed by atoms with Gasteiger partial charge in [0.25, 0.3) is 0 Å². The second kappa shape index (κ2) is 8.13. The summed E-state index contributed by atoms with van der Waals surface area (Å²) in [6.07, 6.45) is 1.33. The lowest BCUT2D eigenvalue weighted by molar-refractivity contribution is -0.139. The molecule has 0 saturated carbocycles. The average Bonchev–Trinajstić information content (AvgIpc) is 3.20. The number of rotatable bonds is 6. The molecule has 1 unspecified atom stereocenters. The van der Waals surface area contributed by atoms with Gasteiger partial charge in [0.2, 0.25) is 0 Å². The Morgan fingerprint density at radius 1 is 1.07 bits per heavy atom. The fraction of sp³-hybridized carbons (Fsp3) is 0.208. The summed E-state index contributed by atoms with van der Waals surface area (Å²) in [7, 11) is 0.